The molecule has 0 radical (unpaired) electrons. The summed E-state index contributed by atoms with van der Waals surface area (Å²) in [5, 5.41) is 9.71. The van der Waals surface area contributed by atoms with Crippen molar-refractivity contribution in [2.75, 3.05) is 12.3 Å². The Morgan fingerprint density at radius 2 is 2.16 bits per heavy atom. The van der Waals surface area contributed by atoms with Crippen LogP contribution in [0.4, 0.5) is 5.95 Å². The number of hydrogen-bond acceptors (Lipinski definition) is 5. The van der Waals surface area contributed by atoms with Crippen molar-refractivity contribution < 1.29 is 5.11 Å². The van der Waals surface area contributed by atoms with Crippen LogP contribution in [0.1, 0.15) is 20.3 Å². The summed E-state index contributed by atoms with van der Waals surface area (Å²) in [5.74, 6) is 0.144. The predicted molar refractivity (Wildman–Crippen MR) is 72.7 cm³/mol. The fourth-order valence-electron chi connectivity index (χ4n) is 2.73. The molecule has 0 aromatic carbocycles. The van der Waals surface area contributed by atoms with Crippen molar-refractivity contribution in [2.24, 2.45) is 10.8 Å². The molecule has 1 aliphatic rings. The van der Waals surface area contributed by atoms with E-state index in [9.17, 15) is 5.11 Å². The molecule has 0 saturated heterocycles. The Morgan fingerprint density at radius 3 is 2.79 bits per heavy atom. The van der Waals surface area contributed by atoms with Gasteiger partial charge in [0.25, 0.3) is 0 Å². The molecule has 0 aliphatic heterocycles. The molecule has 1 saturated carbocycles. The summed E-state index contributed by atoms with van der Waals surface area (Å²) in [6, 6.07) is 0. The van der Waals surface area contributed by atoms with Gasteiger partial charge in [0.1, 0.15) is 5.52 Å². The lowest BCUT2D eigenvalue weighted by Crippen LogP contribution is -2.18. The van der Waals surface area contributed by atoms with Crippen LogP contribution in [0.25, 0.3) is 11.2 Å². The van der Waals surface area contributed by atoms with Crippen molar-refractivity contribution in [1.82, 2.24) is 19.5 Å². The van der Waals surface area contributed by atoms with Gasteiger partial charge in [-0.05, 0) is 17.3 Å². The molecule has 1 aliphatic carbocycles. The number of nitrogen functional groups attached to an aromatic ring is 1. The van der Waals surface area contributed by atoms with Crippen LogP contribution in [0.5, 0.6) is 0 Å². The van der Waals surface area contributed by atoms with Gasteiger partial charge in [-0.15, -0.1) is 0 Å². The first-order chi connectivity index (χ1) is 8.88. The molecule has 19 heavy (non-hydrogen) atoms. The average Bonchev–Trinajstić information content (AvgIpc) is 2.67. The van der Waals surface area contributed by atoms with Crippen LogP contribution in [0.15, 0.2) is 6.33 Å². The Labute approximate surface area is 115 Å². The van der Waals surface area contributed by atoms with Gasteiger partial charge in [0.05, 0.1) is 6.33 Å². The average molecular weight is 282 g/mol. The Kier molecular flexibility index (Phi) is 2.53. The van der Waals surface area contributed by atoms with E-state index < -0.39 is 0 Å². The lowest BCUT2D eigenvalue weighted by molar-refractivity contribution is 0.182. The van der Waals surface area contributed by atoms with Gasteiger partial charge < -0.3 is 15.4 Å². The normalized spacial score (nSPS) is 29.9. The number of rotatable bonds is 3. The maximum absolute atomic E-state index is 9.44. The number of imidazole rings is 1. The fourth-order valence-corrected chi connectivity index (χ4v) is 2.95. The summed E-state index contributed by atoms with van der Waals surface area (Å²) in [6.07, 6.45) is 2.68. The summed E-state index contributed by atoms with van der Waals surface area (Å²) in [6.45, 7) is 5.16. The summed E-state index contributed by atoms with van der Waals surface area (Å²) < 4.78 is 1.93. The molecule has 6 nitrogen and oxygen atoms in total. The van der Waals surface area contributed by atoms with Crippen molar-refractivity contribution in [3.05, 3.63) is 11.5 Å². The maximum atomic E-state index is 9.44. The molecule has 0 amide bonds. The first-order valence-electron chi connectivity index (χ1n) is 6.13. The highest BCUT2D eigenvalue weighted by Crippen LogP contribution is 2.64. The van der Waals surface area contributed by atoms with Gasteiger partial charge in [0.2, 0.25) is 5.95 Å². The highest BCUT2D eigenvalue weighted by molar-refractivity contribution is 6.33. The molecule has 2 aromatic heterocycles. The number of aliphatic hydroxyl groups excluding tert-OH is 1. The zero-order valence-electron chi connectivity index (χ0n) is 10.9. The Morgan fingerprint density at radius 1 is 1.42 bits per heavy atom. The number of fused-ring (bicyclic) bond motifs is 1. The predicted octanol–water partition coefficient (Wildman–Crippen LogP) is 1.47. The SMILES string of the molecule is CC1(CO)CC1(C)Cn1cnc2c(Cl)nc(N)nc21. The lowest BCUT2D eigenvalue weighted by Gasteiger charge is -2.17. The summed E-state index contributed by atoms with van der Waals surface area (Å²) in [4.78, 5) is 12.3. The topological polar surface area (TPSA) is 89.8 Å². The third-order valence-corrected chi connectivity index (χ3v) is 4.68. The zero-order chi connectivity index (χ0) is 13.8. The first-order valence-corrected chi connectivity index (χ1v) is 6.51. The number of nitrogens with two attached hydrogens (primary N) is 1. The number of anilines is 1. The summed E-state index contributed by atoms with van der Waals surface area (Å²) >= 11 is 6.00. The molecule has 102 valence electrons. The van der Waals surface area contributed by atoms with Crippen molar-refractivity contribution in [3.63, 3.8) is 0 Å². The van der Waals surface area contributed by atoms with E-state index in [1.54, 1.807) is 6.33 Å². The lowest BCUT2D eigenvalue weighted by atomic mass is 9.97. The number of nitrogens with zero attached hydrogens (tertiary/aromatic N) is 4. The molecule has 2 aromatic rings. The van der Waals surface area contributed by atoms with Gasteiger partial charge in [-0.2, -0.15) is 9.97 Å². The largest absolute Gasteiger partial charge is 0.396 e. The second-order valence-corrected chi connectivity index (χ2v) is 6.23. The monoisotopic (exact) mass is 281 g/mol. The number of hydrogen-bond donors (Lipinski definition) is 2. The highest BCUT2D eigenvalue weighted by Gasteiger charge is 2.60. The first kappa shape index (κ1) is 12.6. The third kappa shape index (κ3) is 1.78. The summed E-state index contributed by atoms with van der Waals surface area (Å²) in [7, 11) is 0. The third-order valence-electron chi connectivity index (χ3n) is 4.42. The van der Waals surface area contributed by atoms with Gasteiger partial charge >= 0.3 is 0 Å². The number of aromatic nitrogens is 4. The van der Waals surface area contributed by atoms with Gasteiger partial charge in [-0.25, -0.2) is 4.98 Å². The van der Waals surface area contributed by atoms with E-state index in [2.05, 4.69) is 28.8 Å². The van der Waals surface area contributed by atoms with Gasteiger partial charge in [-0.1, -0.05) is 25.4 Å². The fraction of sp³-hybridized carbons (Fsp3) is 0.583. The van der Waals surface area contributed by atoms with E-state index in [-0.39, 0.29) is 28.5 Å². The van der Waals surface area contributed by atoms with Gasteiger partial charge in [0.15, 0.2) is 10.8 Å². The van der Waals surface area contributed by atoms with Crippen molar-refractivity contribution in [2.45, 2.75) is 26.8 Å². The van der Waals surface area contributed by atoms with Crippen LogP contribution >= 0.6 is 11.6 Å². The molecule has 0 spiro atoms. The minimum atomic E-state index is -0.0358. The molecule has 2 atom stereocenters. The minimum absolute atomic E-state index is 0.0358. The van der Waals surface area contributed by atoms with Crippen LogP contribution in [0.3, 0.4) is 0 Å². The second kappa shape index (κ2) is 3.80. The van der Waals surface area contributed by atoms with Crippen LogP contribution in [0.2, 0.25) is 5.15 Å². The van der Waals surface area contributed by atoms with Crippen molar-refractivity contribution >= 4 is 28.7 Å². The van der Waals surface area contributed by atoms with Crippen molar-refractivity contribution in [3.8, 4) is 0 Å². The molecule has 0 bridgehead atoms. The van der Waals surface area contributed by atoms with Crippen LogP contribution in [-0.2, 0) is 6.54 Å². The van der Waals surface area contributed by atoms with Gasteiger partial charge in [0, 0.05) is 13.2 Å². The molecular weight excluding hydrogens is 266 g/mol. The number of halogens is 1. The van der Waals surface area contributed by atoms with Gasteiger partial charge in [-0.3, -0.25) is 0 Å². The molecule has 3 N–H and O–H groups in total. The maximum Gasteiger partial charge on any atom is 0.223 e. The second-order valence-electron chi connectivity index (χ2n) is 5.87. The van der Waals surface area contributed by atoms with Crippen LogP contribution in [-0.4, -0.2) is 31.2 Å². The summed E-state index contributed by atoms with van der Waals surface area (Å²) in [5.41, 5.74) is 6.84. The van der Waals surface area contributed by atoms with E-state index in [0.29, 0.717) is 11.2 Å². The van der Waals surface area contributed by atoms with Crippen LogP contribution in [0, 0.1) is 10.8 Å². The molecule has 3 rings (SSSR count). The van der Waals surface area contributed by atoms with E-state index in [0.717, 1.165) is 13.0 Å². The Hall–Kier alpha value is -1.40. The quantitative estimate of drug-likeness (QED) is 0.832. The smallest absolute Gasteiger partial charge is 0.223 e. The highest BCUT2D eigenvalue weighted by atomic mass is 35.5. The van der Waals surface area contributed by atoms with E-state index >= 15 is 0 Å². The standard InChI is InChI=1S/C12H16ClN5O/c1-11(3-12(11,2)5-19)4-18-6-15-7-8(13)16-10(14)17-9(7)18/h6,19H,3-5H2,1-2H3,(H2,14,16,17). The van der Waals surface area contributed by atoms with Crippen LogP contribution < -0.4 is 5.73 Å². The number of aliphatic hydroxyl groups is 1. The molecule has 7 heteroatoms. The van der Waals surface area contributed by atoms with E-state index in [1.807, 2.05) is 4.57 Å². The zero-order valence-corrected chi connectivity index (χ0v) is 11.6. The van der Waals surface area contributed by atoms with Crippen molar-refractivity contribution in [1.29, 1.82) is 0 Å². The minimum Gasteiger partial charge on any atom is -0.396 e. The molecule has 2 unspecified atom stereocenters. The van der Waals surface area contributed by atoms with E-state index in [1.165, 1.54) is 0 Å². The Balaban J connectivity index is 1.99. The molecule has 2 heterocycles. The van der Waals surface area contributed by atoms with E-state index in [4.69, 9.17) is 17.3 Å². The molecular formula is C12H16ClN5O. The molecule has 1 fully saturated rings. The Bertz CT molecular complexity index is 657.